The van der Waals surface area contributed by atoms with E-state index in [9.17, 15) is 4.79 Å². The first-order valence-electron chi connectivity index (χ1n) is 3.61. The normalized spacial score (nSPS) is 9.77. The van der Waals surface area contributed by atoms with Crippen LogP contribution in [0.4, 0.5) is 0 Å². The van der Waals surface area contributed by atoms with Gasteiger partial charge in [-0.05, 0) is 18.1 Å². The van der Waals surface area contributed by atoms with Crippen LogP contribution in [0.1, 0.15) is 10.4 Å². The topological polar surface area (TPSA) is 47.3 Å². The zero-order valence-corrected chi connectivity index (χ0v) is 6.64. The van der Waals surface area contributed by atoms with Gasteiger partial charge in [-0.25, -0.2) is 9.50 Å². The molecule has 0 aromatic carbocycles. The van der Waals surface area contributed by atoms with Gasteiger partial charge in [-0.15, -0.1) is 6.42 Å². The Morgan fingerprint density at radius 2 is 2.38 bits per heavy atom. The molecule has 0 spiro atoms. The van der Waals surface area contributed by atoms with Crippen LogP contribution in [0, 0.1) is 12.3 Å². The molecule has 0 amide bonds. The second kappa shape index (κ2) is 2.72. The first-order valence-corrected chi connectivity index (χ1v) is 3.61. The van der Waals surface area contributed by atoms with Gasteiger partial charge in [-0.3, -0.25) is 4.79 Å². The molecular formula is C9H5N3O. The second-order valence-electron chi connectivity index (χ2n) is 2.45. The summed E-state index contributed by atoms with van der Waals surface area (Å²) in [5.41, 5.74) is 1.13. The Hall–Kier alpha value is -2.15. The fraction of sp³-hybridized carbons (Fsp3) is 0. The van der Waals surface area contributed by atoms with Crippen molar-refractivity contribution in [3.05, 3.63) is 30.2 Å². The highest BCUT2D eigenvalue weighted by Gasteiger charge is 2.03. The van der Waals surface area contributed by atoms with Gasteiger partial charge in [0, 0.05) is 11.8 Å². The Labute approximate surface area is 74.2 Å². The number of rotatable bonds is 1. The lowest BCUT2D eigenvalue weighted by atomic mass is 10.2. The molecule has 2 aromatic rings. The largest absolute Gasteiger partial charge is 0.279 e. The van der Waals surface area contributed by atoms with Crippen molar-refractivity contribution < 1.29 is 4.79 Å². The van der Waals surface area contributed by atoms with E-state index in [1.165, 1.54) is 10.8 Å². The summed E-state index contributed by atoms with van der Waals surface area (Å²) in [5.74, 6) is 1.69. The molecule has 2 aromatic heterocycles. The number of aromatic nitrogens is 3. The number of carbonyl (C=O) groups is 1. The molecule has 4 heteroatoms. The number of ketones is 1. The third-order valence-corrected chi connectivity index (χ3v) is 1.67. The summed E-state index contributed by atoms with van der Waals surface area (Å²) in [6.45, 7) is 0. The Bertz CT molecular complexity index is 507. The maximum atomic E-state index is 11.1. The van der Waals surface area contributed by atoms with Gasteiger partial charge in [0.2, 0.25) is 5.78 Å². The summed E-state index contributed by atoms with van der Waals surface area (Å²) in [4.78, 5) is 15.0. The van der Waals surface area contributed by atoms with Gasteiger partial charge in [0.05, 0.1) is 0 Å². The molecule has 0 aliphatic heterocycles. The van der Waals surface area contributed by atoms with E-state index in [2.05, 4.69) is 10.1 Å². The van der Waals surface area contributed by atoms with Gasteiger partial charge >= 0.3 is 0 Å². The predicted molar refractivity (Wildman–Crippen MR) is 46.2 cm³/mol. The fourth-order valence-electron chi connectivity index (χ4n) is 1.03. The summed E-state index contributed by atoms with van der Waals surface area (Å²) >= 11 is 0. The van der Waals surface area contributed by atoms with E-state index in [0.717, 1.165) is 0 Å². The molecule has 13 heavy (non-hydrogen) atoms. The van der Waals surface area contributed by atoms with E-state index in [-0.39, 0.29) is 5.78 Å². The maximum absolute atomic E-state index is 11.1. The third-order valence-electron chi connectivity index (χ3n) is 1.67. The fourth-order valence-corrected chi connectivity index (χ4v) is 1.03. The van der Waals surface area contributed by atoms with Crippen LogP contribution < -0.4 is 0 Å². The van der Waals surface area contributed by atoms with Crippen molar-refractivity contribution in [3.8, 4) is 12.3 Å². The van der Waals surface area contributed by atoms with Crippen molar-refractivity contribution in [2.75, 3.05) is 0 Å². The summed E-state index contributed by atoms with van der Waals surface area (Å²) < 4.78 is 1.50. The van der Waals surface area contributed by atoms with Crippen molar-refractivity contribution in [1.29, 1.82) is 0 Å². The molecule has 0 saturated carbocycles. The van der Waals surface area contributed by atoms with Crippen molar-refractivity contribution in [3.63, 3.8) is 0 Å². The first-order chi connectivity index (χ1) is 6.31. The molecule has 4 nitrogen and oxygen atoms in total. The second-order valence-corrected chi connectivity index (χ2v) is 2.45. The Kier molecular flexibility index (Phi) is 1.57. The highest BCUT2D eigenvalue weighted by atomic mass is 16.1. The molecule has 0 N–H and O–H groups in total. The predicted octanol–water partition coefficient (Wildman–Crippen LogP) is 0.545. The highest BCUT2D eigenvalue weighted by Crippen LogP contribution is 2.02. The first kappa shape index (κ1) is 7.50. The van der Waals surface area contributed by atoms with Gasteiger partial charge in [-0.2, -0.15) is 5.10 Å². The average molecular weight is 171 g/mol. The molecule has 0 radical (unpaired) electrons. The molecule has 2 rings (SSSR count). The lowest BCUT2D eigenvalue weighted by Gasteiger charge is -1.94. The molecule has 0 atom stereocenters. The number of nitrogens with zero attached hydrogens (tertiary/aromatic N) is 3. The molecule has 0 unspecified atom stereocenters. The quantitative estimate of drug-likeness (QED) is 0.357. The number of fused-ring (bicyclic) bond motifs is 1. The van der Waals surface area contributed by atoms with E-state index < -0.39 is 0 Å². The molecule has 0 saturated heterocycles. The number of pyridine rings is 1. The van der Waals surface area contributed by atoms with Gasteiger partial charge < -0.3 is 0 Å². The average Bonchev–Trinajstić information content (AvgIpc) is 2.63. The molecular weight excluding hydrogens is 166 g/mol. The zero-order valence-electron chi connectivity index (χ0n) is 6.64. The smallest absolute Gasteiger partial charge is 0.237 e. The van der Waals surface area contributed by atoms with Crippen molar-refractivity contribution in [2.24, 2.45) is 0 Å². The SMILES string of the molecule is C#CC(=O)c1ccc2ncnn2c1. The van der Waals surface area contributed by atoms with E-state index in [1.54, 1.807) is 18.3 Å². The van der Waals surface area contributed by atoms with Crippen molar-refractivity contribution in [2.45, 2.75) is 0 Å². The molecule has 0 fully saturated rings. The van der Waals surface area contributed by atoms with Gasteiger partial charge in [-0.1, -0.05) is 0 Å². The molecule has 0 aliphatic rings. The van der Waals surface area contributed by atoms with Crippen LogP contribution >= 0.6 is 0 Å². The van der Waals surface area contributed by atoms with E-state index in [1.807, 2.05) is 5.92 Å². The lowest BCUT2D eigenvalue weighted by Crippen LogP contribution is -1.97. The van der Waals surface area contributed by atoms with Gasteiger partial charge in [0.1, 0.15) is 6.33 Å². The number of terminal acetylenes is 1. The standard InChI is InChI=1S/C9H5N3O/c1-2-8(13)7-3-4-9-10-6-11-12(9)5-7/h1,3-6H. The van der Waals surface area contributed by atoms with E-state index >= 15 is 0 Å². The van der Waals surface area contributed by atoms with Crippen LogP contribution in [0.25, 0.3) is 5.65 Å². The summed E-state index contributed by atoms with van der Waals surface area (Å²) in [6, 6.07) is 3.32. The monoisotopic (exact) mass is 171 g/mol. The van der Waals surface area contributed by atoms with Crippen LogP contribution in [0.5, 0.6) is 0 Å². The molecule has 0 aliphatic carbocycles. The van der Waals surface area contributed by atoms with Crippen LogP contribution in [0.2, 0.25) is 0 Å². The summed E-state index contributed by atoms with van der Waals surface area (Å²) in [6.07, 6.45) is 7.95. The van der Waals surface area contributed by atoms with Crippen LogP contribution in [-0.4, -0.2) is 20.4 Å². The van der Waals surface area contributed by atoms with Crippen LogP contribution in [-0.2, 0) is 0 Å². The molecule has 2 heterocycles. The summed E-state index contributed by atoms with van der Waals surface area (Å²) in [7, 11) is 0. The van der Waals surface area contributed by atoms with Crippen molar-refractivity contribution >= 4 is 11.4 Å². The number of Topliss-reactive ketones (excluding diaryl/α,β-unsaturated/α-hetero) is 1. The van der Waals surface area contributed by atoms with Gasteiger partial charge in [0.25, 0.3) is 0 Å². The Balaban J connectivity index is 2.62. The van der Waals surface area contributed by atoms with Crippen LogP contribution in [0.15, 0.2) is 24.7 Å². The minimum atomic E-state index is -0.350. The number of hydrogen-bond donors (Lipinski definition) is 0. The van der Waals surface area contributed by atoms with Crippen LogP contribution in [0.3, 0.4) is 0 Å². The zero-order chi connectivity index (χ0) is 9.26. The van der Waals surface area contributed by atoms with E-state index in [0.29, 0.717) is 11.2 Å². The maximum Gasteiger partial charge on any atom is 0.237 e. The van der Waals surface area contributed by atoms with E-state index in [4.69, 9.17) is 6.42 Å². The third kappa shape index (κ3) is 1.16. The van der Waals surface area contributed by atoms with Crippen molar-refractivity contribution in [1.82, 2.24) is 14.6 Å². The minimum absolute atomic E-state index is 0.350. The lowest BCUT2D eigenvalue weighted by molar-refractivity contribution is 0.105. The Morgan fingerprint density at radius 3 is 3.15 bits per heavy atom. The Morgan fingerprint density at radius 1 is 1.54 bits per heavy atom. The highest BCUT2D eigenvalue weighted by molar-refractivity contribution is 6.08. The van der Waals surface area contributed by atoms with Gasteiger partial charge in [0.15, 0.2) is 5.65 Å². The minimum Gasteiger partial charge on any atom is -0.279 e. The molecule has 0 bridgehead atoms. The number of carbonyl (C=O) groups excluding carboxylic acids is 1. The molecule has 62 valence electrons. The summed E-state index contributed by atoms with van der Waals surface area (Å²) in [5, 5.41) is 3.88. The number of hydrogen-bond acceptors (Lipinski definition) is 3.